The average molecular weight is 448 g/mol. The van der Waals surface area contributed by atoms with Crippen LogP contribution in [0, 0.1) is 13.8 Å². The normalized spacial score (nSPS) is 15.5. The van der Waals surface area contributed by atoms with Crippen molar-refractivity contribution in [3.8, 4) is 0 Å². The highest BCUT2D eigenvalue weighted by Gasteiger charge is 2.19. The Hall–Kier alpha value is -2.40. The first-order valence-corrected chi connectivity index (χ1v) is 11.9. The van der Waals surface area contributed by atoms with Gasteiger partial charge in [0.1, 0.15) is 10.7 Å². The van der Waals surface area contributed by atoms with Crippen molar-refractivity contribution in [2.75, 3.05) is 23.3 Å². The number of aromatic nitrogens is 5. The summed E-state index contributed by atoms with van der Waals surface area (Å²) in [6.45, 7) is 7.62. The Morgan fingerprint density at radius 1 is 1.27 bits per heavy atom. The molecule has 0 saturated carbocycles. The molecule has 0 spiro atoms. The van der Waals surface area contributed by atoms with Crippen LogP contribution in [0.1, 0.15) is 42.5 Å². The van der Waals surface area contributed by atoms with E-state index in [1.54, 1.807) is 0 Å². The van der Waals surface area contributed by atoms with Gasteiger partial charge in [0.25, 0.3) is 5.56 Å². The lowest BCUT2D eigenvalue weighted by Gasteiger charge is -2.24. The fourth-order valence-electron chi connectivity index (χ4n) is 3.41. The second kappa shape index (κ2) is 8.76. The number of nitrogens with one attached hydrogen (secondary N) is 3. The fraction of sp³-hybridized carbons (Fsp3) is 0.526. The smallest absolute Gasteiger partial charge is 0.259 e. The number of H-pyrrole nitrogens is 2. The molecule has 1 aliphatic heterocycles. The summed E-state index contributed by atoms with van der Waals surface area (Å²) in [5.74, 6) is 1.82. The monoisotopic (exact) mass is 447 g/mol. The lowest BCUT2D eigenvalue weighted by Crippen LogP contribution is -2.30. The van der Waals surface area contributed by atoms with E-state index in [2.05, 4.69) is 35.4 Å². The van der Waals surface area contributed by atoms with Crippen LogP contribution in [0.2, 0.25) is 0 Å². The largest absolute Gasteiger partial charge is 0.340 e. The predicted molar refractivity (Wildman–Crippen MR) is 122 cm³/mol. The first-order valence-electron chi connectivity index (χ1n) is 10.0. The maximum atomic E-state index is 12.5. The molecule has 4 rings (SSSR count). The molecule has 30 heavy (non-hydrogen) atoms. The molecule has 1 amide bonds. The molecule has 160 valence electrons. The van der Waals surface area contributed by atoms with Gasteiger partial charge in [0.2, 0.25) is 17.8 Å². The van der Waals surface area contributed by atoms with E-state index in [1.807, 2.05) is 20.8 Å². The van der Waals surface area contributed by atoms with Gasteiger partial charge in [-0.25, -0.2) is 10.1 Å². The van der Waals surface area contributed by atoms with Gasteiger partial charge in [-0.3, -0.25) is 14.9 Å². The third kappa shape index (κ3) is 4.36. The molecule has 3 aromatic heterocycles. The number of carbonyl (C=O) groups excluding carboxylic acids is 1. The van der Waals surface area contributed by atoms with Crippen molar-refractivity contribution in [3.05, 3.63) is 26.6 Å². The van der Waals surface area contributed by atoms with Crippen molar-refractivity contribution in [3.63, 3.8) is 0 Å². The summed E-state index contributed by atoms with van der Waals surface area (Å²) in [5.41, 5.74) is 0.855. The number of hydrogen-bond acceptors (Lipinski definition) is 8. The number of amides is 1. The zero-order valence-corrected chi connectivity index (χ0v) is 18.9. The van der Waals surface area contributed by atoms with Crippen molar-refractivity contribution >= 4 is 51.1 Å². The molecule has 11 heteroatoms. The Morgan fingerprint density at radius 2 is 2.03 bits per heavy atom. The number of carbonyl (C=O) groups is 1. The van der Waals surface area contributed by atoms with Crippen LogP contribution in [0.15, 0.2) is 4.79 Å². The third-order valence-corrected chi connectivity index (χ3v) is 7.54. The van der Waals surface area contributed by atoms with Gasteiger partial charge in [-0.1, -0.05) is 0 Å². The maximum Gasteiger partial charge on any atom is 0.259 e. The number of hydrogen-bond donors (Lipinski definition) is 3. The van der Waals surface area contributed by atoms with E-state index in [1.165, 1.54) is 29.5 Å². The molecular formula is C19H25N7O2S2. The lowest BCUT2D eigenvalue weighted by molar-refractivity contribution is -0.115. The van der Waals surface area contributed by atoms with Crippen LogP contribution in [0.5, 0.6) is 0 Å². The minimum Gasteiger partial charge on any atom is -0.340 e. The first kappa shape index (κ1) is 20.9. The summed E-state index contributed by atoms with van der Waals surface area (Å²) >= 11 is 2.93. The van der Waals surface area contributed by atoms with Gasteiger partial charge in [0.05, 0.1) is 16.4 Å². The molecule has 3 aromatic rings. The van der Waals surface area contributed by atoms with Crippen LogP contribution in [0.25, 0.3) is 10.2 Å². The summed E-state index contributed by atoms with van der Waals surface area (Å²) in [6, 6.07) is 0. The number of anilines is 2. The Kier molecular flexibility index (Phi) is 6.09. The minimum atomic E-state index is -0.346. The summed E-state index contributed by atoms with van der Waals surface area (Å²) < 4.78 is 0. The fourth-order valence-corrected chi connectivity index (χ4v) is 5.21. The number of aromatic amines is 2. The highest BCUT2D eigenvalue weighted by atomic mass is 32.2. The van der Waals surface area contributed by atoms with Crippen LogP contribution in [0.3, 0.4) is 0 Å². The van der Waals surface area contributed by atoms with Gasteiger partial charge in [-0.2, -0.15) is 4.98 Å². The molecule has 0 aliphatic carbocycles. The highest BCUT2D eigenvalue weighted by Crippen LogP contribution is 2.26. The molecule has 4 heterocycles. The van der Waals surface area contributed by atoms with Gasteiger partial charge < -0.3 is 9.88 Å². The van der Waals surface area contributed by atoms with E-state index in [-0.39, 0.29) is 16.7 Å². The first-order chi connectivity index (χ1) is 14.4. The SMILES string of the molecule is Cc1sc2nc(CSC(C)C(=O)Nc3nc(N4CCCCC4)n[nH]3)[nH]c(=O)c2c1C. The van der Waals surface area contributed by atoms with Crippen LogP contribution < -0.4 is 15.8 Å². The maximum absolute atomic E-state index is 12.5. The standard InChI is InChI=1S/C19H25N7O2S2/c1-10-11(2)30-17-14(10)16(28)20-13(21-17)9-29-12(3)15(27)22-18-23-19(25-24-18)26-7-5-4-6-8-26/h12H,4-9H2,1-3H3,(H,20,21,28)(H2,22,23,24,25,27). The molecule has 1 fully saturated rings. The highest BCUT2D eigenvalue weighted by molar-refractivity contribution is 7.99. The van der Waals surface area contributed by atoms with Crippen LogP contribution in [-0.2, 0) is 10.5 Å². The van der Waals surface area contributed by atoms with E-state index in [0.717, 1.165) is 41.2 Å². The van der Waals surface area contributed by atoms with E-state index >= 15 is 0 Å². The number of piperidine rings is 1. The summed E-state index contributed by atoms with van der Waals surface area (Å²) in [7, 11) is 0. The van der Waals surface area contributed by atoms with Gasteiger partial charge in [-0.05, 0) is 45.6 Å². The quantitative estimate of drug-likeness (QED) is 0.531. The molecule has 0 aromatic carbocycles. The Balaban J connectivity index is 1.35. The molecule has 1 saturated heterocycles. The van der Waals surface area contributed by atoms with E-state index in [0.29, 0.717) is 28.9 Å². The molecule has 1 aliphatic rings. The summed E-state index contributed by atoms with van der Waals surface area (Å²) in [5, 5.41) is 10.1. The third-order valence-electron chi connectivity index (χ3n) is 5.28. The molecule has 0 radical (unpaired) electrons. The number of nitrogens with zero attached hydrogens (tertiary/aromatic N) is 4. The van der Waals surface area contributed by atoms with Gasteiger partial charge in [0, 0.05) is 18.0 Å². The lowest BCUT2D eigenvalue weighted by atomic mass is 10.1. The topological polar surface area (TPSA) is 120 Å². The molecular weight excluding hydrogens is 422 g/mol. The Labute approximate surface area is 182 Å². The van der Waals surface area contributed by atoms with Gasteiger partial charge in [-0.15, -0.1) is 28.2 Å². The number of rotatable bonds is 6. The Bertz CT molecular complexity index is 1110. The predicted octanol–water partition coefficient (Wildman–Crippen LogP) is 2.97. The number of aryl methyl sites for hydroxylation is 2. The number of fused-ring (bicyclic) bond motifs is 1. The minimum absolute atomic E-state index is 0.124. The van der Waals surface area contributed by atoms with Crippen molar-refractivity contribution < 1.29 is 4.79 Å². The molecule has 9 nitrogen and oxygen atoms in total. The summed E-state index contributed by atoms with van der Waals surface area (Å²) in [4.78, 5) is 40.7. The van der Waals surface area contributed by atoms with Crippen molar-refractivity contribution in [1.29, 1.82) is 0 Å². The zero-order chi connectivity index (χ0) is 21.3. The summed E-state index contributed by atoms with van der Waals surface area (Å²) in [6.07, 6.45) is 3.50. The van der Waals surface area contributed by atoms with E-state index in [9.17, 15) is 9.59 Å². The van der Waals surface area contributed by atoms with Crippen LogP contribution in [-0.4, -0.2) is 49.4 Å². The number of thiophene rings is 1. The molecule has 1 unspecified atom stereocenters. The molecule has 3 N–H and O–H groups in total. The average Bonchev–Trinajstić information content (AvgIpc) is 3.31. The van der Waals surface area contributed by atoms with Crippen LogP contribution in [0.4, 0.5) is 11.9 Å². The second-order valence-corrected chi connectivity index (χ2v) is 9.98. The van der Waals surface area contributed by atoms with Crippen molar-refractivity contribution in [2.24, 2.45) is 0 Å². The molecule has 0 bridgehead atoms. The Morgan fingerprint density at radius 3 is 2.80 bits per heavy atom. The van der Waals surface area contributed by atoms with Gasteiger partial charge >= 0.3 is 0 Å². The zero-order valence-electron chi connectivity index (χ0n) is 17.2. The number of thioether (sulfide) groups is 1. The second-order valence-electron chi connectivity index (χ2n) is 7.45. The van der Waals surface area contributed by atoms with Gasteiger partial charge in [0.15, 0.2) is 0 Å². The van der Waals surface area contributed by atoms with E-state index in [4.69, 9.17) is 0 Å². The van der Waals surface area contributed by atoms with Crippen molar-refractivity contribution in [1.82, 2.24) is 25.1 Å². The van der Waals surface area contributed by atoms with E-state index < -0.39 is 0 Å². The molecule has 1 atom stereocenters. The van der Waals surface area contributed by atoms with Crippen molar-refractivity contribution in [2.45, 2.75) is 51.0 Å². The van der Waals surface area contributed by atoms with Crippen LogP contribution >= 0.6 is 23.1 Å².